The van der Waals surface area contributed by atoms with E-state index in [4.69, 9.17) is 0 Å². The van der Waals surface area contributed by atoms with E-state index < -0.39 is 0 Å². The zero-order valence-electron chi connectivity index (χ0n) is 16.9. The highest BCUT2D eigenvalue weighted by molar-refractivity contribution is 5.95. The van der Waals surface area contributed by atoms with Crippen molar-refractivity contribution >= 4 is 11.7 Å². The number of anilines is 1. The lowest BCUT2D eigenvalue weighted by atomic mass is 10.0. The third-order valence-electron chi connectivity index (χ3n) is 5.21. The van der Waals surface area contributed by atoms with E-state index in [2.05, 4.69) is 21.7 Å². The highest BCUT2D eigenvalue weighted by Crippen LogP contribution is 2.17. The van der Waals surface area contributed by atoms with Gasteiger partial charge in [-0.3, -0.25) is 4.79 Å². The third-order valence-corrected chi connectivity index (χ3v) is 5.21. The normalized spacial score (nSPS) is 13.5. The molecule has 5 nitrogen and oxygen atoms in total. The lowest BCUT2D eigenvalue weighted by Gasteiger charge is -2.35. The van der Waals surface area contributed by atoms with Crippen LogP contribution in [0.15, 0.2) is 66.9 Å². The predicted octanol–water partition coefficient (Wildman–Crippen LogP) is 3.46. The van der Waals surface area contributed by atoms with Crippen molar-refractivity contribution in [2.24, 2.45) is 0 Å². The molecule has 150 valence electrons. The Morgan fingerprint density at radius 3 is 2.53 bits per heavy atom. The predicted molar refractivity (Wildman–Crippen MR) is 118 cm³/mol. The summed E-state index contributed by atoms with van der Waals surface area (Å²) in [5, 5.41) is 9.59. The number of aromatic nitrogens is 1. The quantitative estimate of drug-likeness (QED) is 0.673. The average molecular weight is 397 g/mol. The summed E-state index contributed by atoms with van der Waals surface area (Å²) >= 11 is 0. The van der Waals surface area contributed by atoms with E-state index in [-0.39, 0.29) is 11.7 Å². The van der Waals surface area contributed by atoms with Gasteiger partial charge in [0.15, 0.2) is 0 Å². The van der Waals surface area contributed by atoms with E-state index in [1.165, 1.54) is 0 Å². The number of carbonyl (C=O) groups excluding carboxylic acids is 1. The maximum absolute atomic E-state index is 13.0. The number of phenols is 1. The molecule has 1 aromatic heterocycles. The number of amides is 1. The zero-order valence-corrected chi connectivity index (χ0v) is 16.9. The fourth-order valence-corrected chi connectivity index (χ4v) is 3.47. The third kappa shape index (κ3) is 4.44. The molecule has 0 bridgehead atoms. The van der Waals surface area contributed by atoms with Crippen LogP contribution in [0.3, 0.4) is 0 Å². The second-order valence-electron chi connectivity index (χ2n) is 7.30. The van der Waals surface area contributed by atoms with Crippen LogP contribution >= 0.6 is 0 Å². The summed E-state index contributed by atoms with van der Waals surface area (Å²) in [5.41, 5.74) is 3.21. The SMILES string of the molecule is Cc1ccc(C(=O)N2CCN(c3ccccn3)CC2)cc1C#Cc1cccc(O)c1. The topological polar surface area (TPSA) is 56.7 Å². The van der Waals surface area contributed by atoms with Crippen molar-refractivity contribution in [3.05, 3.63) is 89.1 Å². The monoisotopic (exact) mass is 397 g/mol. The number of hydrogen-bond acceptors (Lipinski definition) is 4. The molecule has 1 aliphatic heterocycles. The van der Waals surface area contributed by atoms with E-state index in [9.17, 15) is 9.90 Å². The van der Waals surface area contributed by atoms with Crippen molar-refractivity contribution < 1.29 is 9.90 Å². The molecule has 0 spiro atoms. The molecule has 0 radical (unpaired) electrons. The van der Waals surface area contributed by atoms with Crippen molar-refractivity contribution in [3.63, 3.8) is 0 Å². The van der Waals surface area contributed by atoms with Gasteiger partial charge in [0.1, 0.15) is 11.6 Å². The van der Waals surface area contributed by atoms with Gasteiger partial charge in [-0.1, -0.05) is 30.0 Å². The van der Waals surface area contributed by atoms with Gasteiger partial charge in [-0.25, -0.2) is 4.98 Å². The number of aromatic hydroxyl groups is 1. The van der Waals surface area contributed by atoms with Crippen molar-refractivity contribution in [1.82, 2.24) is 9.88 Å². The molecule has 0 unspecified atom stereocenters. The van der Waals surface area contributed by atoms with Gasteiger partial charge in [0.2, 0.25) is 0 Å². The number of phenolic OH excluding ortho intramolecular Hbond substituents is 1. The van der Waals surface area contributed by atoms with Crippen LogP contribution in [0.4, 0.5) is 5.82 Å². The number of pyridine rings is 1. The summed E-state index contributed by atoms with van der Waals surface area (Å²) in [6.45, 7) is 4.82. The van der Waals surface area contributed by atoms with Gasteiger partial charge in [-0.15, -0.1) is 0 Å². The van der Waals surface area contributed by atoms with Gasteiger partial charge in [-0.05, 0) is 55.0 Å². The average Bonchev–Trinajstić information content (AvgIpc) is 2.79. The van der Waals surface area contributed by atoms with Crippen LogP contribution in [-0.2, 0) is 0 Å². The molecule has 1 aliphatic rings. The molecule has 4 rings (SSSR count). The molecule has 0 atom stereocenters. The molecular weight excluding hydrogens is 374 g/mol. The molecule has 1 N–H and O–H groups in total. The molecule has 3 aromatic rings. The lowest BCUT2D eigenvalue weighted by Crippen LogP contribution is -2.49. The van der Waals surface area contributed by atoms with Gasteiger partial charge in [0.25, 0.3) is 5.91 Å². The minimum atomic E-state index is 0.0241. The summed E-state index contributed by atoms with van der Waals surface area (Å²) in [6, 6.07) is 18.4. The molecule has 2 heterocycles. The van der Waals surface area contributed by atoms with E-state index in [1.807, 2.05) is 54.3 Å². The minimum Gasteiger partial charge on any atom is -0.508 e. The molecule has 1 fully saturated rings. The second-order valence-corrected chi connectivity index (χ2v) is 7.30. The first-order valence-electron chi connectivity index (χ1n) is 9.97. The Labute approximate surface area is 176 Å². The van der Waals surface area contributed by atoms with Gasteiger partial charge in [-0.2, -0.15) is 0 Å². The first-order chi connectivity index (χ1) is 14.6. The highest BCUT2D eigenvalue weighted by atomic mass is 16.3. The van der Waals surface area contributed by atoms with Crippen molar-refractivity contribution in [1.29, 1.82) is 0 Å². The van der Waals surface area contributed by atoms with Gasteiger partial charge in [0, 0.05) is 49.1 Å². The standard InChI is InChI=1S/C25H23N3O2/c1-19-8-10-22(18-21(19)11-9-20-5-4-6-23(29)17-20)25(30)28-15-13-27(14-16-28)24-7-2-3-12-26-24/h2-8,10,12,17-18,29H,13-16H2,1H3. The van der Waals surface area contributed by atoms with Crippen LogP contribution in [0.1, 0.15) is 27.0 Å². The van der Waals surface area contributed by atoms with E-state index in [0.717, 1.165) is 35.6 Å². The Morgan fingerprint density at radius 1 is 0.967 bits per heavy atom. The lowest BCUT2D eigenvalue weighted by molar-refractivity contribution is 0.0746. The first kappa shape index (κ1) is 19.5. The smallest absolute Gasteiger partial charge is 0.254 e. The highest BCUT2D eigenvalue weighted by Gasteiger charge is 2.23. The van der Waals surface area contributed by atoms with Crippen LogP contribution in [0.5, 0.6) is 5.75 Å². The summed E-state index contributed by atoms with van der Waals surface area (Å²) in [7, 11) is 0. The fourth-order valence-electron chi connectivity index (χ4n) is 3.47. The number of rotatable bonds is 2. The second kappa shape index (κ2) is 8.71. The van der Waals surface area contributed by atoms with Gasteiger partial charge in [0.05, 0.1) is 0 Å². The Kier molecular flexibility index (Phi) is 5.67. The van der Waals surface area contributed by atoms with Crippen LogP contribution < -0.4 is 4.90 Å². The van der Waals surface area contributed by atoms with Crippen LogP contribution in [0.25, 0.3) is 0 Å². The van der Waals surface area contributed by atoms with Gasteiger partial charge < -0.3 is 14.9 Å². The first-order valence-corrected chi connectivity index (χ1v) is 9.97. The Bertz CT molecular complexity index is 1110. The van der Waals surface area contributed by atoms with E-state index >= 15 is 0 Å². The fraction of sp³-hybridized carbons (Fsp3) is 0.200. The summed E-state index contributed by atoms with van der Waals surface area (Å²) < 4.78 is 0. The van der Waals surface area contributed by atoms with Crippen molar-refractivity contribution in [2.45, 2.75) is 6.92 Å². The van der Waals surface area contributed by atoms with Crippen LogP contribution in [-0.4, -0.2) is 47.1 Å². The maximum atomic E-state index is 13.0. The molecule has 0 aliphatic carbocycles. The van der Waals surface area contributed by atoms with Gasteiger partial charge >= 0.3 is 0 Å². The number of aryl methyl sites for hydroxylation is 1. The molecule has 0 saturated carbocycles. The number of nitrogens with zero attached hydrogens (tertiary/aromatic N) is 3. The number of carbonyl (C=O) groups is 1. The molecular formula is C25H23N3O2. The Hall–Kier alpha value is -3.78. The van der Waals surface area contributed by atoms with E-state index in [1.54, 1.807) is 24.4 Å². The number of piperazine rings is 1. The molecule has 1 saturated heterocycles. The minimum absolute atomic E-state index is 0.0241. The molecule has 1 amide bonds. The summed E-state index contributed by atoms with van der Waals surface area (Å²) in [5.74, 6) is 7.36. The van der Waals surface area contributed by atoms with E-state index in [0.29, 0.717) is 18.7 Å². The van der Waals surface area contributed by atoms with Crippen LogP contribution in [0.2, 0.25) is 0 Å². The number of benzene rings is 2. The zero-order chi connectivity index (χ0) is 20.9. The molecule has 30 heavy (non-hydrogen) atoms. The number of hydrogen-bond donors (Lipinski definition) is 1. The maximum Gasteiger partial charge on any atom is 0.254 e. The Balaban J connectivity index is 1.47. The summed E-state index contributed by atoms with van der Waals surface area (Å²) in [4.78, 5) is 21.5. The van der Waals surface area contributed by atoms with Crippen molar-refractivity contribution in [3.8, 4) is 17.6 Å². The molecule has 5 heteroatoms. The summed E-state index contributed by atoms with van der Waals surface area (Å²) in [6.07, 6.45) is 1.79. The Morgan fingerprint density at radius 2 is 1.80 bits per heavy atom. The van der Waals surface area contributed by atoms with Crippen LogP contribution in [0, 0.1) is 18.8 Å². The molecule has 2 aromatic carbocycles. The van der Waals surface area contributed by atoms with Crippen molar-refractivity contribution in [2.75, 3.05) is 31.1 Å². The largest absolute Gasteiger partial charge is 0.508 e.